The number of nitrogens with zero attached hydrogens (tertiary/aromatic N) is 1. The van der Waals surface area contributed by atoms with Crippen LogP contribution in [0.4, 0.5) is 10.7 Å². The molecular formula is C23H21N3O3S2. The van der Waals surface area contributed by atoms with Crippen LogP contribution in [0.3, 0.4) is 0 Å². The minimum atomic E-state index is -0.510. The molecule has 6 nitrogen and oxygen atoms in total. The number of methoxy groups -OCH3 is 1. The molecule has 0 atom stereocenters. The van der Waals surface area contributed by atoms with E-state index in [9.17, 15) is 9.59 Å². The summed E-state index contributed by atoms with van der Waals surface area (Å²) in [7, 11) is 1.32. The van der Waals surface area contributed by atoms with Gasteiger partial charge in [0.15, 0.2) is 0 Å². The number of pyridine rings is 1. The van der Waals surface area contributed by atoms with Gasteiger partial charge in [0.05, 0.1) is 12.8 Å². The highest BCUT2D eigenvalue weighted by molar-refractivity contribution is 7.21. The molecule has 0 saturated heterocycles. The van der Waals surface area contributed by atoms with Crippen molar-refractivity contribution in [3.05, 3.63) is 63.0 Å². The number of anilines is 2. The van der Waals surface area contributed by atoms with E-state index in [-0.39, 0.29) is 5.91 Å². The monoisotopic (exact) mass is 451 g/mol. The Morgan fingerprint density at radius 1 is 1.13 bits per heavy atom. The van der Waals surface area contributed by atoms with E-state index in [1.807, 2.05) is 56.5 Å². The van der Waals surface area contributed by atoms with Crippen LogP contribution in [0.25, 0.3) is 21.3 Å². The van der Waals surface area contributed by atoms with Crippen LogP contribution >= 0.6 is 22.7 Å². The average Bonchev–Trinajstić information content (AvgIpc) is 3.29. The van der Waals surface area contributed by atoms with Crippen molar-refractivity contribution in [1.82, 2.24) is 4.98 Å². The predicted molar refractivity (Wildman–Crippen MR) is 127 cm³/mol. The Morgan fingerprint density at radius 2 is 1.84 bits per heavy atom. The van der Waals surface area contributed by atoms with Gasteiger partial charge < -0.3 is 15.8 Å². The molecule has 0 aliphatic rings. The molecule has 158 valence electrons. The number of hydrogen-bond donors (Lipinski definition) is 2. The number of carbonyl (C=O) groups is 2. The van der Waals surface area contributed by atoms with Crippen molar-refractivity contribution >= 4 is 55.5 Å². The molecule has 0 unspecified atom stereocenters. The Hall–Kier alpha value is -3.23. The summed E-state index contributed by atoms with van der Waals surface area (Å²) >= 11 is 2.52. The first kappa shape index (κ1) is 21.0. The Bertz CT molecular complexity index is 1320. The van der Waals surface area contributed by atoms with Gasteiger partial charge in [-0.3, -0.25) is 4.79 Å². The number of ether oxygens (including phenoxy) is 1. The minimum absolute atomic E-state index is 0.328. The van der Waals surface area contributed by atoms with Crippen molar-refractivity contribution in [2.45, 2.75) is 20.8 Å². The number of rotatable bonds is 4. The van der Waals surface area contributed by atoms with Crippen molar-refractivity contribution in [2.24, 2.45) is 0 Å². The summed E-state index contributed by atoms with van der Waals surface area (Å²) in [5, 5.41) is 5.92. The van der Waals surface area contributed by atoms with Gasteiger partial charge in [0.2, 0.25) is 0 Å². The van der Waals surface area contributed by atoms with Gasteiger partial charge in [-0.1, -0.05) is 29.8 Å². The summed E-state index contributed by atoms with van der Waals surface area (Å²) in [6.45, 7) is 5.85. The maximum absolute atomic E-state index is 13.1. The maximum atomic E-state index is 13.1. The van der Waals surface area contributed by atoms with Gasteiger partial charge in [-0.25, -0.2) is 9.78 Å². The molecule has 0 bridgehead atoms. The van der Waals surface area contributed by atoms with Crippen LogP contribution in [0.2, 0.25) is 0 Å². The Labute approximate surface area is 187 Å². The summed E-state index contributed by atoms with van der Waals surface area (Å²) in [6, 6.07) is 9.77. The summed E-state index contributed by atoms with van der Waals surface area (Å²) in [4.78, 5) is 31.3. The molecule has 4 rings (SSSR count). The fraction of sp³-hybridized carbons (Fsp3) is 0.174. The first-order valence-corrected chi connectivity index (χ1v) is 11.2. The molecule has 0 aliphatic heterocycles. The zero-order chi connectivity index (χ0) is 22.3. The second-order valence-electron chi connectivity index (χ2n) is 7.27. The van der Waals surface area contributed by atoms with Crippen molar-refractivity contribution in [3.63, 3.8) is 0 Å². The summed E-state index contributed by atoms with van der Waals surface area (Å²) in [6.07, 6.45) is 0. The largest absolute Gasteiger partial charge is 0.465 e. The number of amides is 1. The van der Waals surface area contributed by atoms with Crippen molar-refractivity contribution in [1.29, 1.82) is 0 Å². The van der Waals surface area contributed by atoms with Gasteiger partial charge in [-0.05, 0) is 38.0 Å². The highest BCUT2D eigenvalue weighted by atomic mass is 32.1. The standard InChI is InChI=1S/C23H21N3O3S2/c1-11-5-7-14(8-6-11)15-10-30-21(17(15)23(28)29-4)26-20(27)19-18(24)16-12(2)9-13(3)25-22(16)31-19/h5-10H,24H2,1-4H3,(H,26,27). The SMILES string of the molecule is COC(=O)c1c(-c2ccc(C)cc2)csc1NC(=O)c1sc2nc(C)cc(C)c2c1N. The Morgan fingerprint density at radius 3 is 2.52 bits per heavy atom. The molecule has 1 aromatic carbocycles. The van der Waals surface area contributed by atoms with Crippen LogP contribution in [0.5, 0.6) is 0 Å². The maximum Gasteiger partial charge on any atom is 0.341 e. The van der Waals surface area contributed by atoms with Gasteiger partial charge in [-0.2, -0.15) is 0 Å². The second kappa shape index (κ2) is 8.13. The third kappa shape index (κ3) is 3.80. The van der Waals surface area contributed by atoms with E-state index < -0.39 is 5.97 Å². The lowest BCUT2D eigenvalue weighted by molar-refractivity contribution is 0.0603. The first-order valence-electron chi connectivity index (χ1n) is 9.54. The van der Waals surface area contributed by atoms with Gasteiger partial charge in [0.25, 0.3) is 5.91 Å². The number of aromatic nitrogens is 1. The fourth-order valence-corrected chi connectivity index (χ4v) is 5.56. The van der Waals surface area contributed by atoms with Crippen LogP contribution in [-0.2, 0) is 4.74 Å². The van der Waals surface area contributed by atoms with E-state index in [2.05, 4.69) is 10.3 Å². The van der Waals surface area contributed by atoms with Gasteiger partial charge in [0.1, 0.15) is 20.3 Å². The fourth-order valence-electron chi connectivity index (χ4n) is 3.50. The molecule has 3 heterocycles. The lowest BCUT2D eigenvalue weighted by atomic mass is 10.0. The van der Waals surface area contributed by atoms with Crippen LogP contribution in [0.1, 0.15) is 36.9 Å². The summed E-state index contributed by atoms with van der Waals surface area (Å²) in [5.41, 5.74) is 11.6. The van der Waals surface area contributed by atoms with Gasteiger partial charge in [0, 0.05) is 22.0 Å². The first-order chi connectivity index (χ1) is 14.8. The second-order valence-corrected chi connectivity index (χ2v) is 9.15. The number of nitrogen functional groups attached to an aromatic ring is 1. The lowest BCUT2D eigenvalue weighted by Gasteiger charge is -2.08. The third-order valence-corrected chi connectivity index (χ3v) is 6.99. The summed E-state index contributed by atoms with van der Waals surface area (Å²) in [5.74, 6) is -0.885. The molecule has 3 aromatic heterocycles. The zero-order valence-electron chi connectivity index (χ0n) is 17.5. The number of fused-ring (bicyclic) bond motifs is 1. The molecule has 8 heteroatoms. The minimum Gasteiger partial charge on any atom is -0.465 e. The number of hydrogen-bond acceptors (Lipinski definition) is 7. The number of esters is 1. The highest BCUT2D eigenvalue weighted by Gasteiger charge is 2.25. The molecular weight excluding hydrogens is 430 g/mol. The Balaban J connectivity index is 1.74. The number of thiophene rings is 2. The summed E-state index contributed by atoms with van der Waals surface area (Å²) < 4.78 is 4.99. The smallest absolute Gasteiger partial charge is 0.341 e. The number of aryl methyl sites for hydroxylation is 3. The van der Waals surface area contributed by atoms with Gasteiger partial charge in [-0.15, -0.1) is 22.7 Å². The molecule has 0 saturated carbocycles. The van der Waals surface area contributed by atoms with Gasteiger partial charge >= 0.3 is 5.97 Å². The van der Waals surface area contributed by atoms with E-state index in [0.29, 0.717) is 26.7 Å². The van der Waals surface area contributed by atoms with Crippen LogP contribution in [0, 0.1) is 20.8 Å². The lowest BCUT2D eigenvalue weighted by Crippen LogP contribution is -2.14. The van der Waals surface area contributed by atoms with E-state index >= 15 is 0 Å². The van der Waals surface area contributed by atoms with Crippen LogP contribution in [0.15, 0.2) is 35.7 Å². The molecule has 0 radical (unpaired) electrons. The molecule has 1 amide bonds. The topological polar surface area (TPSA) is 94.3 Å². The van der Waals surface area contributed by atoms with E-state index in [0.717, 1.165) is 32.6 Å². The van der Waals surface area contributed by atoms with Crippen LogP contribution in [-0.4, -0.2) is 24.0 Å². The van der Waals surface area contributed by atoms with E-state index in [1.54, 1.807) is 0 Å². The predicted octanol–water partition coefficient (Wildman–Crippen LogP) is 5.57. The molecule has 4 aromatic rings. The van der Waals surface area contributed by atoms with Crippen LogP contribution < -0.4 is 11.1 Å². The van der Waals surface area contributed by atoms with Crippen molar-refractivity contribution in [2.75, 3.05) is 18.2 Å². The quantitative estimate of drug-likeness (QED) is 0.396. The van der Waals surface area contributed by atoms with Crippen molar-refractivity contribution in [3.8, 4) is 11.1 Å². The van der Waals surface area contributed by atoms with E-state index in [4.69, 9.17) is 10.5 Å². The zero-order valence-corrected chi connectivity index (χ0v) is 19.2. The number of carbonyl (C=O) groups excluding carboxylic acids is 2. The van der Waals surface area contributed by atoms with E-state index in [1.165, 1.54) is 29.8 Å². The highest BCUT2D eigenvalue weighted by Crippen LogP contribution is 2.39. The Kier molecular flexibility index (Phi) is 5.51. The third-order valence-electron chi connectivity index (χ3n) is 5.00. The van der Waals surface area contributed by atoms with Crippen molar-refractivity contribution < 1.29 is 14.3 Å². The normalized spacial score (nSPS) is 11.0. The number of benzene rings is 1. The number of nitrogens with one attached hydrogen (secondary N) is 1. The molecule has 0 spiro atoms. The molecule has 31 heavy (non-hydrogen) atoms. The molecule has 0 fully saturated rings. The molecule has 0 aliphatic carbocycles. The molecule has 3 N–H and O–H groups in total. The average molecular weight is 452 g/mol. The number of nitrogens with two attached hydrogens (primary N) is 1.